The first kappa shape index (κ1) is 24.9. The summed E-state index contributed by atoms with van der Waals surface area (Å²) in [6.07, 6.45) is 3.16. The molecule has 3 aromatic rings. The van der Waals surface area contributed by atoms with Crippen LogP contribution in [0.25, 0.3) is 11.3 Å². The van der Waals surface area contributed by atoms with Gasteiger partial charge in [0, 0.05) is 38.3 Å². The second-order valence-electron chi connectivity index (χ2n) is 9.57. The summed E-state index contributed by atoms with van der Waals surface area (Å²) in [6.45, 7) is 7.86. The molecule has 0 radical (unpaired) electrons. The number of ether oxygens (including phenoxy) is 1. The summed E-state index contributed by atoms with van der Waals surface area (Å²) < 4.78 is 12.1. The van der Waals surface area contributed by atoms with Crippen LogP contribution in [0.15, 0.2) is 59.0 Å². The zero-order chi connectivity index (χ0) is 24.9. The van der Waals surface area contributed by atoms with Crippen molar-refractivity contribution in [1.82, 2.24) is 15.1 Å². The van der Waals surface area contributed by atoms with Crippen LogP contribution in [0.3, 0.4) is 0 Å². The molecular formula is C29H34ClN3O3. The second-order valence-corrected chi connectivity index (χ2v) is 9.98. The van der Waals surface area contributed by atoms with E-state index in [4.69, 9.17) is 20.8 Å². The van der Waals surface area contributed by atoms with E-state index in [0.29, 0.717) is 23.9 Å². The van der Waals surface area contributed by atoms with E-state index in [1.807, 2.05) is 41.3 Å². The molecule has 5 rings (SSSR count). The minimum atomic E-state index is -0.0441. The highest BCUT2D eigenvalue weighted by molar-refractivity contribution is 6.32. The highest BCUT2D eigenvalue weighted by atomic mass is 35.5. The van der Waals surface area contributed by atoms with Gasteiger partial charge in [-0.1, -0.05) is 48.9 Å². The largest absolute Gasteiger partial charge is 0.489 e. The maximum Gasteiger partial charge on any atom is 0.289 e. The lowest BCUT2D eigenvalue weighted by molar-refractivity contribution is 0.0598. The molecule has 2 aliphatic rings. The lowest BCUT2D eigenvalue weighted by Gasteiger charge is -2.34. The first-order chi connectivity index (χ1) is 17.6. The number of benzene rings is 2. The average Bonchev–Trinajstić information content (AvgIpc) is 3.41. The maximum atomic E-state index is 13.1. The molecule has 0 saturated carbocycles. The molecule has 0 aliphatic carbocycles. The maximum absolute atomic E-state index is 13.1. The molecular weight excluding hydrogens is 474 g/mol. The van der Waals surface area contributed by atoms with Crippen molar-refractivity contribution in [3.05, 3.63) is 76.5 Å². The lowest BCUT2D eigenvalue weighted by atomic mass is 10.0. The molecule has 1 aromatic heterocycles. The lowest BCUT2D eigenvalue weighted by Crippen LogP contribution is -2.48. The number of nitrogens with one attached hydrogen (secondary N) is 1. The number of furan rings is 1. The normalized spacial score (nSPS) is 17.3. The number of piperidine rings is 1. The van der Waals surface area contributed by atoms with Gasteiger partial charge < -0.3 is 19.4 Å². The Morgan fingerprint density at radius 2 is 1.83 bits per heavy atom. The Bertz CT molecular complexity index is 1180. The van der Waals surface area contributed by atoms with Gasteiger partial charge in [-0.05, 0) is 67.7 Å². The van der Waals surface area contributed by atoms with Crippen LogP contribution in [-0.2, 0) is 13.0 Å². The molecule has 0 bridgehead atoms. The summed E-state index contributed by atoms with van der Waals surface area (Å²) >= 11 is 6.54. The van der Waals surface area contributed by atoms with Gasteiger partial charge in [0.25, 0.3) is 5.91 Å². The number of amides is 1. The summed E-state index contributed by atoms with van der Waals surface area (Å²) in [4.78, 5) is 17.3. The predicted molar refractivity (Wildman–Crippen MR) is 143 cm³/mol. The third-order valence-electron chi connectivity index (χ3n) is 7.12. The van der Waals surface area contributed by atoms with Gasteiger partial charge in [-0.25, -0.2) is 0 Å². The Labute approximate surface area is 218 Å². The van der Waals surface area contributed by atoms with Gasteiger partial charge in [0.15, 0.2) is 5.76 Å². The van der Waals surface area contributed by atoms with Gasteiger partial charge in [-0.15, -0.1) is 0 Å². The Balaban J connectivity index is 1.14. The van der Waals surface area contributed by atoms with Gasteiger partial charge in [0.1, 0.15) is 17.6 Å². The summed E-state index contributed by atoms with van der Waals surface area (Å²) in [6, 6.07) is 18.0. The molecule has 2 aliphatic heterocycles. The third kappa shape index (κ3) is 5.77. The van der Waals surface area contributed by atoms with Crippen molar-refractivity contribution >= 4 is 17.5 Å². The summed E-state index contributed by atoms with van der Waals surface area (Å²) in [5.74, 6) is 1.87. The fraction of sp³-hybridized carbons (Fsp3) is 0.414. The Morgan fingerprint density at radius 1 is 1.06 bits per heavy atom. The smallest absolute Gasteiger partial charge is 0.289 e. The molecule has 7 heteroatoms. The van der Waals surface area contributed by atoms with Crippen LogP contribution >= 0.6 is 11.6 Å². The van der Waals surface area contributed by atoms with E-state index < -0.39 is 0 Å². The van der Waals surface area contributed by atoms with Crippen LogP contribution < -0.4 is 10.1 Å². The van der Waals surface area contributed by atoms with Crippen molar-refractivity contribution in [3.8, 4) is 17.1 Å². The van der Waals surface area contributed by atoms with E-state index in [2.05, 4.69) is 29.3 Å². The SMILES string of the molecule is CCc1ccccc1-c1ccc(C(=O)N2CCN(Cc3ccc(OC4CCNCC4)c(Cl)c3)CC2)o1. The number of aryl methyl sites for hydroxylation is 1. The van der Waals surface area contributed by atoms with Crippen LogP contribution in [-0.4, -0.2) is 61.1 Å². The molecule has 190 valence electrons. The fourth-order valence-electron chi connectivity index (χ4n) is 5.02. The number of piperazine rings is 1. The molecule has 6 nitrogen and oxygen atoms in total. The molecule has 0 unspecified atom stereocenters. The van der Waals surface area contributed by atoms with Gasteiger partial charge in [-0.3, -0.25) is 9.69 Å². The van der Waals surface area contributed by atoms with Crippen molar-refractivity contribution in [2.24, 2.45) is 0 Å². The molecule has 0 spiro atoms. The minimum Gasteiger partial charge on any atom is -0.489 e. The molecule has 1 N–H and O–H groups in total. The number of hydrogen-bond acceptors (Lipinski definition) is 5. The Hall–Kier alpha value is -2.80. The van der Waals surface area contributed by atoms with E-state index >= 15 is 0 Å². The van der Waals surface area contributed by atoms with Crippen LogP contribution in [0.4, 0.5) is 0 Å². The first-order valence-corrected chi connectivity index (χ1v) is 13.3. The number of carbonyl (C=O) groups excluding carboxylic acids is 1. The van der Waals surface area contributed by atoms with Crippen molar-refractivity contribution in [1.29, 1.82) is 0 Å². The predicted octanol–water partition coefficient (Wildman–Crippen LogP) is 5.25. The van der Waals surface area contributed by atoms with Gasteiger partial charge >= 0.3 is 0 Å². The molecule has 1 amide bonds. The van der Waals surface area contributed by atoms with E-state index in [0.717, 1.165) is 74.6 Å². The number of halogens is 1. The molecule has 0 atom stereocenters. The summed E-state index contributed by atoms with van der Waals surface area (Å²) in [5, 5.41) is 4.02. The molecule has 2 aromatic carbocycles. The zero-order valence-electron chi connectivity index (χ0n) is 20.8. The molecule has 2 fully saturated rings. The number of nitrogens with zero attached hydrogens (tertiary/aromatic N) is 2. The van der Waals surface area contributed by atoms with E-state index in [1.165, 1.54) is 5.56 Å². The van der Waals surface area contributed by atoms with Crippen molar-refractivity contribution in [2.75, 3.05) is 39.3 Å². The summed E-state index contributed by atoms with van der Waals surface area (Å²) in [5.41, 5.74) is 3.42. The minimum absolute atomic E-state index is 0.0441. The Morgan fingerprint density at radius 3 is 2.58 bits per heavy atom. The quantitative estimate of drug-likeness (QED) is 0.473. The van der Waals surface area contributed by atoms with Crippen molar-refractivity contribution < 1.29 is 13.9 Å². The molecule has 36 heavy (non-hydrogen) atoms. The van der Waals surface area contributed by atoms with Gasteiger partial charge in [0.05, 0.1) is 5.02 Å². The topological polar surface area (TPSA) is 58.0 Å². The van der Waals surface area contributed by atoms with Gasteiger partial charge in [0.2, 0.25) is 0 Å². The average molecular weight is 508 g/mol. The van der Waals surface area contributed by atoms with Crippen molar-refractivity contribution in [2.45, 2.75) is 38.8 Å². The number of rotatable bonds is 7. The van der Waals surface area contributed by atoms with Crippen LogP contribution in [0.1, 0.15) is 41.4 Å². The third-order valence-corrected chi connectivity index (χ3v) is 7.42. The van der Waals surface area contributed by atoms with E-state index in [-0.39, 0.29) is 12.0 Å². The highest BCUT2D eigenvalue weighted by Crippen LogP contribution is 2.29. The standard InChI is InChI=1S/C29H34ClN3O3/c1-2-22-5-3-4-6-24(22)26-9-10-28(36-26)29(34)33-17-15-32(16-18-33)20-21-7-8-27(25(30)19-21)35-23-11-13-31-14-12-23/h3-10,19,23,31H,2,11-18,20H2,1H3. The van der Waals surface area contributed by atoms with E-state index in [1.54, 1.807) is 6.07 Å². The van der Waals surface area contributed by atoms with E-state index in [9.17, 15) is 4.79 Å². The van der Waals surface area contributed by atoms with Crippen LogP contribution in [0.2, 0.25) is 5.02 Å². The number of hydrogen-bond donors (Lipinski definition) is 1. The van der Waals surface area contributed by atoms with Crippen LogP contribution in [0, 0.1) is 0 Å². The van der Waals surface area contributed by atoms with Crippen molar-refractivity contribution in [3.63, 3.8) is 0 Å². The molecule has 2 saturated heterocycles. The fourth-order valence-corrected chi connectivity index (χ4v) is 5.27. The number of carbonyl (C=O) groups is 1. The highest BCUT2D eigenvalue weighted by Gasteiger charge is 2.25. The monoisotopic (exact) mass is 507 g/mol. The zero-order valence-corrected chi connectivity index (χ0v) is 21.6. The summed E-state index contributed by atoms with van der Waals surface area (Å²) in [7, 11) is 0. The Kier molecular flexibility index (Phi) is 7.95. The van der Waals surface area contributed by atoms with Gasteiger partial charge in [-0.2, -0.15) is 0 Å². The second kappa shape index (κ2) is 11.5. The molecule has 3 heterocycles. The first-order valence-electron chi connectivity index (χ1n) is 13.0. The van der Waals surface area contributed by atoms with Crippen LogP contribution in [0.5, 0.6) is 5.75 Å².